The minimum atomic E-state index is -0.376. The molecule has 0 bridgehead atoms. The molecule has 1 heterocycles. The number of rotatable bonds is 7. The van der Waals surface area contributed by atoms with Gasteiger partial charge in [-0.05, 0) is 44.5 Å². The van der Waals surface area contributed by atoms with Crippen molar-refractivity contribution in [2.45, 2.75) is 40.0 Å². The minimum Gasteiger partial charge on any atom is -0.497 e. The molecule has 0 unspecified atom stereocenters. The molecule has 2 rings (SSSR count). The van der Waals surface area contributed by atoms with Crippen molar-refractivity contribution in [3.8, 4) is 5.75 Å². The minimum absolute atomic E-state index is 0.0355. The summed E-state index contributed by atoms with van der Waals surface area (Å²) in [5, 5.41) is 0. The van der Waals surface area contributed by atoms with Gasteiger partial charge in [-0.2, -0.15) is 0 Å². The van der Waals surface area contributed by atoms with E-state index in [-0.39, 0.29) is 18.0 Å². The Morgan fingerprint density at radius 1 is 1.08 bits per heavy atom. The number of benzene rings is 1. The highest BCUT2D eigenvalue weighted by Crippen LogP contribution is 2.15. The fraction of sp³-hybridized carbons (Fsp3) is 0.400. The first kappa shape index (κ1) is 18.8. The van der Waals surface area contributed by atoms with Crippen LogP contribution in [0, 0.1) is 13.8 Å². The summed E-state index contributed by atoms with van der Waals surface area (Å²) in [6.07, 6.45) is 1.84. The van der Waals surface area contributed by atoms with E-state index in [1.165, 1.54) is 0 Å². The van der Waals surface area contributed by atoms with Crippen LogP contribution in [0.5, 0.6) is 5.75 Å². The lowest BCUT2D eigenvalue weighted by molar-refractivity contribution is 0.0499. The van der Waals surface area contributed by atoms with Crippen LogP contribution in [0.1, 0.15) is 46.3 Å². The average molecular weight is 344 g/mol. The zero-order valence-electron chi connectivity index (χ0n) is 15.2. The lowest BCUT2D eigenvalue weighted by Gasteiger charge is -2.10. The number of aryl methyl sites for hydroxylation is 2. The molecule has 134 valence electrons. The Balaban J connectivity index is 1.91. The van der Waals surface area contributed by atoms with Crippen LogP contribution in [0.2, 0.25) is 0 Å². The van der Waals surface area contributed by atoms with E-state index in [2.05, 4.69) is 0 Å². The maximum absolute atomic E-state index is 12.2. The van der Waals surface area contributed by atoms with Gasteiger partial charge in [0.2, 0.25) is 0 Å². The molecule has 1 aromatic carbocycles. The van der Waals surface area contributed by atoms with Gasteiger partial charge in [0.25, 0.3) is 0 Å². The lowest BCUT2D eigenvalue weighted by atomic mass is 10.1. The Morgan fingerprint density at radius 3 is 2.32 bits per heavy atom. The lowest BCUT2D eigenvalue weighted by Crippen LogP contribution is -2.15. The maximum Gasteiger partial charge on any atom is 0.338 e. The van der Waals surface area contributed by atoms with Crippen molar-refractivity contribution in [2.24, 2.45) is 0 Å². The van der Waals surface area contributed by atoms with Crippen molar-refractivity contribution in [2.75, 3.05) is 13.7 Å². The van der Waals surface area contributed by atoms with Gasteiger partial charge in [-0.3, -0.25) is 4.79 Å². The first-order valence-electron chi connectivity index (χ1n) is 8.41. The third-order valence-electron chi connectivity index (χ3n) is 4.19. The summed E-state index contributed by atoms with van der Waals surface area (Å²) >= 11 is 0. The highest BCUT2D eigenvalue weighted by Gasteiger charge is 2.13. The molecule has 0 N–H and O–H groups in total. The SMILES string of the molecule is CCc1oc(CCCOC(=O)c2ccc(OC)cc2)c(C)c(=O)c1C. The maximum atomic E-state index is 12.2. The molecule has 0 aliphatic heterocycles. The number of carbonyl (C=O) groups is 1. The third kappa shape index (κ3) is 4.50. The van der Waals surface area contributed by atoms with E-state index >= 15 is 0 Å². The summed E-state index contributed by atoms with van der Waals surface area (Å²) in [5.74, 6) is 1.71. The Bertz CT molecular complexity index is 787. The zero-order valence-corrected chi connectivity index (χ0v) is 15.2. The van der Waals surface area contributed by atoms with Crippen LogP contribution in [0.3, 0.4) is 0 Å². The molecule has 0 amide bonds. The molecule has 0 spiro atoms. The summed E-state index contributed by atoms with van der Waals surface area (Å²) < 4.78 is 16.2. The number of esters is 1. The van der Waals surface area contributed by atoms with Gasteiger partial charge in [0.1, 0.15) is 17.3 Å². The Labute approximate surface area is 147 Å². The molecule has 5 heteroatoms. The molecule has 0 aliphatic rings. The van der Waals surface area contributed by atoms with Crippen LogP contribution in [0.15, 0.2) is 33.5 Å². The molecule has 0 radical (unpaired) electrons. The van der Waals surface area contributed by atoms with Crippen LogP contribution >= 0.6 is 0 Å². The van der Waals surface area contributed by atoms with E-state index in [4.69, 9.17) is 13.9 Å². The molecule has 25 heavy (non-hydrogen) atoms. The summed E-state index contributed by atoms with van der Waals surface area (Å²) in [7, 11) is 1.57. The average Bonchev–Trinajstić information content (AvgIpc) is 2.64. The topological polar surface area (TPSA) is 65.7 Å². The smallest absolute Gasteiger partial charge is 0.338 e. The number of methoxy groups -OCH3 is 1. The normalized spacial score (nSPS) is 10.6. The van der Waals surface area contributed by atoms with E-state index in [0.717, 1.165) is 5.76 Å². The van der Waals surface area contributed by atoms with Crippen LogP contribution in [0.4, 0.5) is 0 Å². The zero-order chi connectivity index (χ0) is 18.4. The second-order valence-corrected chi connectivity index (χ2v) is 5.85. The van der Waals surface area contributed by atoms with Gasteiger partial charge in [-0.25, -0.2) is 4.79 Å². The fourth-order valence-corrected chi connectivity index (χ4v) is 2.62. The van der Waals surface area contributed by atoms with E-state index in [1.54, 1.807) is 45.2 Å². The van der Waals surface area contributed by atoms with Crippen LogP contribution < -0.4 is 10.2 Å². The number of ether oxygens (including phenoxy) is 2. The van der Waals surface area contributed by atoms with Crippen LogP contribution in [0.25, 0.3) is 0 Å². The van der Waals surface area contributed by atoms with E-state index in [1.807, 2.05) is 6.92 Å². The van der Waals surface area contributed by atoms with Gasteiger partial charge in [-0.1, -0.05) is 6.92 Å². The van der Waals surface area contributed by atoms with Gasteiger partial charge in [0.05, 0.1) is 19.3 Å². The number of hydrogen-bond donors (Lipinski definition) is 0. The predicted octanol–water partition coefficient (Wildman–Crippen LogP) is 3.62. The first-order valence-corrected chi connectivity index (χ1v) is 8.41. The third-order valence-corrected chi connectivity index (χ3v) is 4.19. The quantitative estimate of drug-likeness (QED) is 0.567. The Hall–Kier alpha value is -2.56. The summed E-state index contributed by atoms with van der Waals surface area (Å²) in [4.78, 5) is 24.2. The molecule has 0 aliphatic carbocycles. The van der Waals surface area contributed by atoms with Gasteiger partial charge in [0.15, 0.2) is 5.43 Å². The van der Waals surface area contributed by atoms with Crippen molar-refractivity contribution in [1.29, 1.82) is 0 Å². The van der Waals surface area contributed by atoms with Gasteiger partial charge in [0, 0.05) is 24.0 Å². The Morgan fingerprint density at radius 2 is 1.72 bits per heavy atom. The van der Waals surface area contributed by atoms with Crippen molar-refractivity contribution in [3.63, 3.8) is 0 Å². The summed E-state index contributed by atoms with van der Waals surface area (Å²) in [6.45, 7) is 5.79. The van der Waals surface area contributed by atoms with E-state index < -0.39 is 0 Å². The van der Waals surface area contributed by atoms with Crippen molar-refractivity contribution < 1.29 is 18.7 Å². The highest BCUT2D eigenvalue weighted by molar-refractivity contribution is 5.89. The van der Waals surface area contributed by atoms with E-state index in [0.29, 0.717) is 47.5 Å². The molecular formula is C20H24O5. The van der Waals surface area contributed by atoms with Gasteiger partial charge in [-0.15, -0.1) is 0 Å². The second kappa shape index (κ2) is 8.51. The summed E-state index contributed by atoms with van der Waals surface area (Å²) in [6, 6.07) is 6.76. The van der Waals surface area contributed by atoms with Gasteiger partial charge >= 0.3 is 5.97 Å². The van der Waals surface area contributed by atoms with Crippen LogP contribution in [-0.2, 0) is 17.6 Å². The fourth-order valence-electron chi connectivity index (χ4n) is 2.62. The molecule has 5 nitrogen and oxygen atoms in total. The number of carbonyl (C=O) groups excluding carboxylic acids is 1. The van der Waals surface area contributed by atoms with E-state index in [9.17, 15) is 9.59 Å². The van der Waals surface area contributed by atoms with Gasteiger partial charge < -0.3 is 13.9 Å². The molecule has 0 saturated carbocycles. The highest BCUT2D eigenvalue weighted by atomic mass is 16.5. The van der Waals surface area contributed by atoms with Crippen molar-refractivity contribution >= 4 is 5.97 Å². The van der Waals surface area contributed by atoms with Crippen molar-refractivity contribution in [1.82, 2.24) is 0 Å². The molecule has 0 atom stereocenters. The molecule has 0 fully saturated rings. The molecule has 1 aromatic heterocycles. The first-order chi connectivity index (χ1) is 12.0. The monoisotopic (exact) mass is 344 g/mol. The second-order valence-electron chi connectivity index (χ2n) is 5.85. The Kier molecular flexibility index (Phi) is 6.39. The molecule has 0 saturated heterocycles. The standard InChI is InChI=1S/C20H24O5/c1-5-17-13(2)19(21)14(3)18(25-17)7-6-12-24-20(22)15-8-10-16(23-4)11-9-15/h8-11H,5-7,12H2,1-4H3. The largest absolute Gasteiger partial charge is 0.497 e. The van der Waals surface area contributed by atoms with Crippen LogP contribution in [-0.4, -0.2) is 19.7 Å². The number of hydrogen-bond acceptors (Lipinski definition) is 5. The predicted molar refractivity (Wildman–Crippen MR) is 95.4 cm³/mol. The van der Waals surface area contributed by atoms with Crippen molar-refractivity contribution in [3.05, 3.63) is 62.7 Å². The summed E-state index contributed by atoms with van der Waals surface area (Å²) in [5.41, 5.74) is 1.83. The molecule has 2 aromatic rings. The molecular weight excluding hydrogens is 320 g/mol.